The molecule has 0 spiro atoms. The Balaban J connectivity index is 2.11. The van der Waals surface area contributed by atoms with E-state index in [4.69, 9.17) is 28.0 Å². The van der Waals surface area contributed by atoms with Gasteiger partial charge in [0.1, 0.15) is 17.2 Å². The van der Waals surface area contributed by atoms with Crippen molar-refractivity contribution in [3.05, 3.63) is 59.4 Å². The molecule has 3 rings (SSSR count). The molecule has 1 aliphatic rings. The fourth-order valence-corrected chi connectivity index (χ4v) is 3.41. The van der Waals surface area contributed by atoms with E-state index in [0.29, 0.717) is 23.3 Å². The van der Waals surface area contributed by atoms with Gasteiger partial charge in [0.2, 0.25) is 0 Å². The largest absolute Gasteiger partial charge is 0.487 e. The van der Waals surface area contributed by atoms with Crippen LogP contribution in [0.2, 0.25) is 0 Å². The minimum atomic E-state index is -0.453. The number of fused-ring (bicyclic) bond motifs is 1. The fourth-order valence-electron chi connectivity index (χ4n) is 3.18. The number of nitrogens with zero attached hydrogens (tertiary/aromatic N) is 2. The molecule has 1 atom stereocenters. The lowest BCUT2D eigenvalue weighted by molar-refractivity contribution is 0.0730. The van der Waals surface area contributed by atoms with E-state index >= 15 is 0 Å². The molecule has 0 saturated heterocycles. The fraction of sp³-hybridized carbons (Fsp3) is 0.263. The average Bonchev–Trinajstić information content (AvgIpc) is 2.55. The molecule has 0 aliphatic carbocycles. The molecule has 25 heavy (non-hydrogen) atoms. The van der Waals surface area contributed by atoms with Gasteiger partial charge in [-0.25, -0.2) is 4.39 Å². The smallest absolute Gasteiger partial charge is 0.171 e. The van der Waals surface area contributed by atoms with Crippen LogP contribution >= 0.6 is 12.2 Å². The normalized spacial score (nSPS) is 17.8. The number of benzene rings is 2. The summed E-state index contributed by atoms with van der Waals surface area (Å²) in [6, 6.07) is 13.3. The Labute approximate surface area is 151 Å². The zero-order valence-corrected chi connectivity index (χ0v) is 14.8. The summed E-state index contributed by atoms with van der Waals surface area (Å²) in [6.07, 6.45) is 0.584. The Morgan fingerprint density at radius 2 is 2.00 bits per heavy atom. The van der Waals surface area contributed by atoms with Crippen molar-refractivity contribution >= 4 is 23.0 Å². The third-order valence-corrected chi connectivity index (χ3v) is 4.42. The molecule has 1 aliphatic heterocycles. The van der Waals surface area contributed by atoms with Gasteiger partial charge >= 0.3 is 0 Å². The quantitative estimate of drug-likeness (QED) is 0.824. The van der Waals surface area contributed by atoms with Crippen LogP contribution in [-0.2, 0) is 0 Å². The number of thiocarbonyl (C=S) groups is 1. The summed E-state index contributed by atoms with van der Waals surface area (Å²) in [5.41, 5.74) is 7.56. The molecule has 2 aromatic rings. The van der Waals surface area contributed by atoms with Crippen molar-refractivity contribution in [2.45, 2.75) is 31.9 Å². The lowest BCUT2D eigenvalue weighted by Gasteiger charge is -2.42. The summed E-state index contributed by atoms with van der Waals surface area (Å²) in [6.45, 7) is 3.95. The number of hydrogen-bond acceptors (Lipinski definition) is 3. The maximum Gasteiger partial charge on any atom is 0.171 e. The average molecular weight is 355 g/mol. The van der Waals surface area contributed by atoms with E-state index in [0.717, 1.165) is 5.69 Å². The van der Waals surface area contributed by atoms with E-state index in [1.54, 1.807) is 35.2 Å². The van der Waals surface area contributed by atoms with E-state index in [9.17, 15) is 4.39 Å². The molecule has 0 saturated carbocycles. The van der Waals surface area contributed by atoms with Gasteiger partial charge in [-0.1, -0.05) is 0 Å². The SMILES string of the molecule is CC1(C)C[C@H](N(C(N)=S)c2ccc(C#N)cc2)c2cc(F)ccc2O1. The van der Waals surface area contributed by atoms with E-state index in [2.05, 4.69) is 6.07 Å². The van der Waals surface area contributed by atoms with Crippen LogP contribution in [0, 0.1) is 17.1 Å². The number of nitrogens with two attached hydrogens (primary N) is 1. The van der Waals surface area contributed by atoms with Crippen LogP contribution < -0.4 is 15.4 Å². The van der Waals surface area contributed by atoms with Crippen molar-refractivity contribution in [1.29, 1.82) is 5.26 Å². The van der Waals surface area contributed by atoms with Crippen molar-refractivity contribution in [1.82, 2.24) is 0 Å². The van der Waals surface area contributed by atoms with Crippen LogP contribution in [0.25, 0.3) is 0 Å². The van der Waals surface area contributed by atoms with Crippen LogP contribution in [0.15, 0.2) is 42.5 Å². The summed E-state index contributed by atoms with van der Waals surface area (Å²) >= 11 is 5.28. The number of ether oxygens (including phenoxy) is 1. The minimum absolute atomic E-state index is 0.183. The first-order valence-corrected chi connectivity index (χ1v) is 8.29. The third kappa shape index (κ3) is 3.42. The predicted molar refractivity (Wildman–Crippen MR) is 98.9 cm³/mol. The van der Waals surface area contributed by atoms with Crippen molar-refractivity contribution in [3.63, 3.8) is 0 Å². The van der Waals surface area contributed by atoms with E-state index in [1.807, 2.05) is 13.8 Å². The molecule has 6 heteroatoms. The Kier molecular flexibility index (Phi) is 4.36. The first-order valence-electron chi connectivity index (χ1n) is 7.88. The van der Waals surface area contributed by atoms with Gasteiger partial charge in [0.25, 0.3) is 0 Å². The lowest BCUT2D eigenvalue weighted by Crippen LogP contribution is -2.45. The molecule has 2 aromatic carbocycles. The predicted octanol–water partition coefficient (Wildman–Crippen LogP) is 4.05. The molecule has 0 aromatic heterocycles. The Hall–Kier alpha value is -2.65. The molecule has 0 amide bonds. The molecule has 128 valence electrons. The molecule has 0 bridgehead atoms. The topological polar surface area (TPSA) is 62.3 Å². The van der Waals surface area contributed by atoms with E-state index in [-0.39, 0.29) is 17.0 Å². The molecular weight excluding hydrogens is 337 g/mol. The van der Waals surface area contributed by atoms with Crippen LogP contribution in [0.4, 0.5) is 10.1 Å². The third-order valence-electron chi connectivity index (χ3n) is 4.23. The van der Waals surface area contributed by atoms with Crippen molar-refractivity contribution in [2.75, 3.05) is 4.90 Å². The summed E-state index contributed by atoms with van der Waals surface area (Å²) in [5, 5.41) is 9.17. The molecule has 1 heterocycles. The number of rotatable bonds is 2. The number of hydrogen-bond donors (Lipinski definition) is 1. The Morgan fingerprint density at radius 3 is 2.60 bits per heavy atom. The van der Waals surface area contributed by atoms with Crippen molar-refractivity contribution in [2.24, 2.45) is 5.73 Å². The number of halogens is 1. The van der Waals surface area contributed by atoms with Gasteiger partial charge in [0, 0.05) is 17.7 Å². The standard InChI is InChI=1S/C19H18FN3OS/c1-19(2)10-16(15-9-13(20)5-8-17(15)24-19)23(18(22)25)14-6-3-12(11-21)4-7-14/h3-9,16H,10H2,1-2H3,(H2,22,25)/t16-/m0/s1. The number of nitriles is 1. The van der Waals surface area contributed by atoms with Gasteiger partial charge in [-0.05, 0) is 68.5 Å². The summed E-state index contributed by atoms with van der Waals surface area (Å²) in [4.78, 5) is 1.79. The van der Waals surface area contributed by atoms with Gasteiger partial charge < -0.3 is 15.4 Å². The van der Waals surface area contributed by atoms with Gasteiger partial charge in [0.15, 0.2) is 5.11 Å². The van der Waals surface area contributed by atoms with Crippen molar-refractivity contribution < 1.29 is 9.13 Å². The molecule has 4 nitrogen and oxygen atoms in total. The molecule has 2 N–H and O–H groups in total. The molecule has 0 radical (unpaired) electrons. The lowest BCUT2D eigenvalue weighted by atomic mass is 9.88. The second-order valence-electron chi connectivity index (χ2n) is 6.63. The summed E-state index contributed by atoms with van der Waals surface area (Å²) in [7, 11) is 0. The number of anilines is 1. The minimum Gasteiger partial charge on any atom is -0.487 e. The zero-order valence-electron chi connectivity index (χ0n) is 14.0. The Bertz CT molecular complexity index is 858. The highest BCUT2D eigenvalue weighted by molar-refractivity contribution is 7.80. The highest BCUT2D eigenvalue weighted by Gasteiger charge is 2.38. The van der Waals surface area contributed by atoms with Gasteiger partial charge in [-0.3, -0.25) is 0 Å². The summed E-state index contributed by atoms with van der Waals surface area (Å²) in [5.74, 6) is 0.285. The van der Waals surface area contributed by atoms with Gasteiger partial charge in [-0.2, -0.15) is 5.26 Å². The first kappa shape index (κ1) is 17.2. The van der Waals surface area contributed by atoms with E-state index < -0.39 is 5.60 Å². The molecule has 0 unspecified atom stereocenters. The molecular formula is C19H18FN3OS. The Morgan fingerprint density at radius 1 is 1.32 bits per heavy atom. The first-order chi connectivity index (χ1) is 11.8. The molecule has 0 fully saturated rings. The second kappa shape index (κ2) is 6.34. The second-order valence-corrected chi connectivity index (χ2v) is 7.05. The highest BCUT2D eigenvalue weighted by atomic mass is 32.1. The van der Waals surface area contributed by atoms with Crippen LogP contribution in [0.1, 0.15) is 37.4 Å². The van der Waals surface area contributed by atoms with Crippen LogP contribution in [0.5, 0.6) is 5.75 Å². The van der Waals surface area contributed by atoms with Crippen LogP contribution in [-0.4, -0.2) is 10.7 Å². The van der Waals surface area contributed by atoms with E-state index in [1.165, 1.54) is 12.1 Å². The highest BCUT2D eigenvalue weighted by Crippen LogP contribution is 2.44. The van der Waals surface area contributed by atoms with Crippen molar-refractivity contribution in [3.8, 4) is 11.8 Å². The monoisotopic (exact) mass is 355 g/mol. The zero-order chi connectivity index (χ0) is 18.2. The maximum atomic E-state index is 13.9. The van der Waals surface area contributed by atoms with Crippen LogP contribution in [0.3, 0.4) is 0 Å². The van der Waals surface area contributed by atoms with Gasteiger partial charge in [0.05, 0.1) is 17.7 Å². The summed E-state index contributed by atoms with van der Waals surface area (Å²) < 4.78 is 19.8. The van der Waals surface area contributed by atoms with Gasteiger partial charge in [-0.15, -0.1) is 0 Å². The maximum absolute atomic E-state index is 13.9.